The molecule has 1 saturated heterocycles. The van der Waals surface area contributed by atoms with E-state index in [0.29, 0.717) is 13.1 Å². The van der Waals surface area contributed by atoms with Gasteiger partial charge in [-0.2, -0.15) is 4.48 Å². The quantitative estimate of drug-likeness (QED) is 0.616. The first kappa shape index (κ1) is 17.3. The Kier molecular flexibility index (Phi) is 6.04. The van der Waals surface area contributed by atoms with Crippen molar-refractivity contribution >= 4 is 18.2 Å². The Morgan fingerprint density at radius 2 is 2.00 bits per heavy atom. The van der Waals surface area contributed by atoms with Crippen LogP contribution in [0.2, 0.25) is 0 Å². The van der Waals surface area contributed by atoms with E-state index >= 15 is 0 Å². The zero-order valence-electron chi connectivity index (χ0n) is 13.7. The fraction of sp³-hybridized carbons (Fsp3) is 0.500. The third-order valence-electron chi connectivity index (χ3n) is 4.73. The molecule has 3 amide bonds. The Balaban J connectivity index is 1.73. The molecule has 1 N–H and O–H groups in total. The lowest BCUT2D eigenvalue weighted by molar-refractivity contribution is -0.780. The molecule has 1 unspecified atom stereocenters. The molecule has 2 rings (SSSR count). The van der Waals surface area contributed by atoms with E-state index in [2.05, 4.69) is 5.32 Å². The normalized spacial score (nSPS) is 23.4. The predicted octanol–water partition coefficient (Wildman–Crippen LogP) is 1.81. The maximum atomic E-state index is 12.4. The van der Waals surface area contributed by atoms with Crippen molar-refractivity contribution in [2.45, 2.75) is 45.1 Å². The van der Waals surface area contributed by atoms with Crippen molar-refractivity contribution in [2.75, 3.05) is 13.1 Å². The smallest absolute Gasteiger partial charge is 0.321 e. The molecule has 1 aliphatic heterocycles. The number of nitrogens with one attached hydrogen (secondary N) is 1. The highest BCUT2D eigenvalue weighted by Gasteiger charge is 2.45. The first-order valence-electron chi connectivity index (χ1n) is 8.26. The molecule has 1 aliphatic rings. The summed E-state index contributed by atoms with van der Waals surface area (Å²) in [5, 5.41) is 2.83. The molecule has 1 aromatic rings. The third-order valence-corrected chi connectivity index (χ3v) is 4.73. The monoisotopic (exact) mass is 317 g/mol. The summed E-state index contributed by atoms with van der Waals surface area (Å²) in [5.41, 5.74) is 1.17. The standard InChI is InChI=1S/C18H24N2O3/c1-15-6-5-13-20(15,14-21)18(23)10-9-17(22)19-12-11-16-7-3-2-4-8-16/h2-4,7-8,14-15H,5-6,9-13H2,1H3/p+1/t15-,20?/m1/s1. The molecule has 5 nitrogen and oxygen atoms in total. The van der Waals surface area contributed by atoms with Gasteiger partial charge in [0.05, 0.1) is 13.0 Å². The number of rotatable bonds is 7. The fourth-order valence-corrected chi connectivity index (χ4v) is 3.19. The number of imide groups is 1. The van der Waals surface area contributed by atoms with Crippen molar-refractivity contribution in [3.63, 3.8) is 0 Å². The Labute approximate surface area is 137 Å². The molecule has 0 spiro atoms. The van der Waals surface area contributed by atoms with Gasteiger partial charge in [-0.3, -0.25) is 4.79 Å². The van der Waals surface area contributed by atoms with E-state index in [1.165, 1.54) is 5.56 Å². The molecular formula is C18H25N2O3+. The number of carbonyl (C=O) groups is 3. The van der Waals surface area contributed by atoms with Gasteiger partial charge in [0, 0.05) is 25.8 Å². The lowest BCUT2D eigenvalue weighted by Gasteiger charge is -2.28. The second-order valence-corrected chi connectivity index (χ2v) is 6.23. The van der Waals surface area contributed by atoms with E-state index in [0.717, 1.165) is 25.7 Å². The number of hydrogen-bond donors (Lipinski definition) is 1. The molecule has 0 bridgehead atoms. The number of benzene rings is 1. The van der Waals surface area contributed by atoms with Gasteiger partial charge in [0.15, 0.2) is 0 Å². The molecule has 5 heteroatoms. The highest BCUT2D eigenvalue weighted by molar-refractivity contribution is 5.83. The Morgan fingerprint density at radius 3 is 2.61 bits per heavy atom. The molecule has 0 radical (unpaired) electrons. The number of hydrogen-bond acceptors (Lipinski definition) is 3. The van der Waals surface area contributed by atoms with Crippen molar-refractivity contribution in [3.8, 4) is 0 Å². The summed E-state index contributed by atoms with van der Waals surface area (Å²) in [6, 6.07) is 9.95. The summed E-state index contributed by atoms with van der Waals surface area (Å²) < 4.78 is -0.114. The summed E-state index contributed by atoms with van der Waals surface area (Å²) in [5.74, 6) is -0.270. The number of carbonyl (C=O) groups excluding carboxylic acids is 3. The minimum atomic E-state index is -0.136. The van der Waals surface area contributed by atoms with Gasteiger partial charge < -0.3 is 5.32 Å². The average Bonchev–Trinajstić information content (AvgIpc) is 2.95. The third kappa shape index (κ3) is 4.26. The van der Waals surface area contributed by atoms with Crippen LogP contribution in [0.3, 0.4) is 0 Å². The van der Waals surface area contributed by atoms with Crippen LogP contribution >= 0.6 is 0 Å². The van der Waals surface area contributed by atoms with Gasteiger partial charge in [0.25, 0.3) is 0 Å². The van der Waals surface area contributed by atoms with Gasteiger partial charge in [-0.1, -0.05) is 30.3 Å². The number of amides is 3. The van der Waals surface area contributed by atoms with Crippen LogP contribution in [-0.2, 0) is 20.8 Å². The van der Waals surface area contributed by atoms with Crippen LogP contribution in [0.25, 0.3) is 0 Å². The number of likely N-dealkylation sites (tertiary alicyclic amines) is 1. The van der Waals surface area contributed by atoms with Crippen molar-refractivity contribution in [1.29, 1.82) is 0 Å². The molecule has 2 atom stereocenters. The van der Waals surface area contributed by atoms with Gasteiger partial charge in [-0.05, 0) is 18.9 Å². The summed E-state index contributed by atoms with van der Waals surface area (Å²) >= 11 is 0. The number of quaternary nitrogens is 1. The lowest BCUT2D eigenvalue weighted by Crippen LogP contribution is -2.54. The zero-order valence-corrected chi connectivity index (χ0v) is 13.7. The summed E-state index contributed by atoms with van der Waals surface area (Å²) in [6.45, 7) is 3.06. The Bertz CT molecular complexity index is 559. The Hall–Kier alpha value is -2.01. The van der Waals surface area contributed by atoms with Gasteiger partial charge in [0.2, 0.25) is 5.91 Å². The highest BCUT2D eigenvalue weighted by atomic mass is 16.2. The fourth-order valence-electron chi connectivity index (χ4n) is 3.19. The van der Waals surface area contributed by atoms with Crippen LogP contribution in [0, 0.1) is 0 Å². The molecule has 0 aliphatic carbocycles. The summed E-state index contributed by atoms with van der Waals surface area (Å²) in [6.07, 6.45) is 3.57. The molecule has 0 aromatic heterocycles. The van der Waals surface area contributed by atoms with Crippen LogP contribution < -0.4 is 5.32 Å². The van der Waals surface area contributed by atoms with Crippen molar-refractivity contribution in [1.82, 2.24) is 5.32 Å². The Morgan fingerprint density at radius 1 is 1.26 bits per heavy atom. The van der Waals surface area contributed by atoms with E-state index in [4.69, 9.17) is 0 Å². The molecule has 1 aromatic carbocycles. The van der Waals surface area contributed by atoms with E-state index in [1.54, 1.807) is 0 Å². The van der Waals surface area contributed by atoms with Crippen molar-refractivity contribution < 1.29 is 18.9 Å². The molecule has 23 heavy (non-hydrogen) atoms. The molecule has 124 valence electrons. The van der Waals surface area contributed by atoms with E-state index < -0.39 is 0 Å². The molecule has 1 heterocycles. The summed E-state index contributed by atoms with van der Waals surface area (Å²) in [7, 11) is 0. The van der Waals surface area contributed by atoms with Crippen LogP contribution in [0.5, 0.6) is 0 Å². The molecule has 1 fully saturated rings. The maximum Gasteiger partial charge on any atom is 0.321 e. The lowest BCUT2D eigenvalue weighted by atomic mass is 10.1. The predicted molar refractivity (Wildman–Crippen MR) is 87.3 cm³/mol. The van der Waals surface area contributed by atoms with E-state index in [9.17, 15) is 14.4 Å². The first-order chi connectivity index (χ1) is 11.1. The average molecular weight is 317 g/mol. The van der Waals surface area contributed by atoms with E-state index in [1.807, 2.05) is 37.3 Å². The van der Waals surface area contributed by atoms with Crippen molar-refractivity contribution in [2.24, 2.45) is 0 Å². The highest BCUT2D eigenvalue weighted by Crippen LogP contribution is 2.26. The van der Waals surface area contributed by atoms with Crippen LogP contribution in [-0.4, -0.2) is 41.8 Å². The first-order valence-corrected chi connectivity index (χ1v) is 8.26. The van der Waals surface area contributed by atoms with Crippen LogP contribution in [0.1, 0.15) is 38.2 Å². The zero-order chi connectivity index (χ0) is 16.7. The van der Waals surface area contributed by atoms with Gasteiger partial charge in [0.1, 0.15) is 6.04 Å². The van der Waals surface area contributed by atoms with Gasteiger partial charge in [-0.15, -0.1) is 0 Å². The summed E-state index contributed by atoms with van der Waals surface area (Å²) in [4.78, 5) is 35.6. The van der Waals surface area contributed by atoms with Crippen molar-refractivity contribution in [3.05, 3.63) is 35.9 Å². The SMILES string of the molecule is C[C@@H]1CCC[N+]1(C=O)C(=O)CCC(=O)NCCc1ccccc1. The minimum absolute atomic E-state index is 0.0288. The van der Waals surface area contributed by atoms with Crippen LogP contribution in [0.4, 0.5) is 0 Å². The number of nitrogens with zero attached hydrogens (tertiary/aromatic N) is 1. The van der Waals surface area contributed by atoms with E-state index in [-0.39, 0.29) is 35.2 Å². The van der Waals surface area contributed by atoms with Gasteiger partial charge in [-0.25, -0.2) is 9.59 Å². The molecular weight excluding hydrogens is 292 g/mol. The largest absolute Gasteiger partial charge is 0.356 e. The molecule has 0 saturated carbocycles. The maximum absolute atomic E-state index is 12.4. The minimum Gasteiger partial charge on any atom is -0.356 e. The second-order valence-electron chi connectivity index (χ2n) is 6.23. The second kappa shape index (κ2) is 8.02. The van der Waals surface area contributed by atoms with Gasteiger partial charge >= 0.3 is 12.3 Å². The topological polar surface area (TPSA) is 63.2 Å². The van der Waals surface area contributed by atoms with Crippen LogP contribution in [0.15, 0.2) is 30.3 Å².